The zero-order valence-corrected chi connectivity index (χ0v) is 19.6. The highest BCUT2D eigenvalue weighted by atomic mass is 16.5. The quantitative estimate of drug-likeness (QED) is 0.536. The molecule has 1 heterocycles. The largest absolute Gasteiger partial charge is 0.481 e. The maximum Gasteiger partial charge on any atom is 0.306 e. The molecule has 0 bridgehead atoms. The monoisotopic (exact) mass is 478 g/mol. The van der Waals surface area contributed by atoms with Crippen LogP contribution >= 0.6 is 0 Å². The summed E-state index contributed by atoms with van der Waals surface area (Å²) in [6, 6.07) is 14.9. The van der Waals surface area contributed by atoms with Crippen molar-refractivity contribution in [2.75, 3.05) is 19.7 Å². The number of nitrogens with one attached hydrogen (secondary N) is 1. The van der Waals surface area contributed by atoms with Crippen LogP contribution in [0.25, 0.3) is 11.1 Å². The predicted octanol–water partition coefficient (Wildman–Crippen LogP) is 3.09. The summed E-state index contributed by atoms with van der Waals surface area (Å²) in [6.45, 7) is 1.29. The van der Waals surface area contributed by atoms with Crippen molar-refractivity contribution in [3.05, 3.63) is 59.7 Å². The van der Waals surface area contributed by atoms with Crippen LogP contribution < -0.4 is 5.32 Å². The van der Waals surface area contributed by atoms with Gasteiger partial charge in [0.25, 0.3) is 0 Å². The third-order valence-corrected chi connectivity index (χ3v) is 6.61. The van der Waals surface area contributed by atoms with Crippen molar-refractivity contribution in [2.24, 2.45) is 0 Å². The number of ether oxygens (including phenoxy) is 1. The predicted molar refractivity (Wildman–Crippen MR) is 129 cm³/mol. The molecule has 4 rings (SSSR count). The highest BCUT2D eigenvalue weighted by molar-refractivity contribution is 5.91. The highest BCUT2D eigenvalue weighted by Gasteiger charge is 2.30. The van der Waals surface area contributed by atoms with Gasteiger partial charge in [-0.05, 0) is 41.5 Å². The van der Waals surface area contributed by atoms with Crippen LogP contribution in [0.1, 0.15) is 55.6 Å². The molecule has 0 spiro atoms. The van der Waals surface area contributed by atoms with E-state index in [1.807, 2.05) is 36.4 Å². The van der Waals surface area contributed by atoms with Gasteiger partial charge >= 0.3 is 11.9 Å². The molecule has 1 fully saturated rings. The lowest BCUT2D eigenvalue weighted by molar-refractivity contribution is -0.146. The lowest BCUT2D eigenvalue weighted by Gasteiger charge is -2.30. The van der Waals surface area contributed by atoms with Crippen molar-refractivity contribution >= 4 is 23.8 Å². The second kappa shape index (κ2) is 11.2. The van der Waals surface area contributed by atoms with Gasteiger partial charge in [0.2, 0.25) is 11.8 Å². The molecule has 1 atom stereocenters. The Morgan fingerprint density at radius 3 is 2.11 bits per heavy atom. The summed E-state index contributed by atoms with van der Waals surface area (Å²) in [5, 5.41) is 11.7. The fourth-order valence-electron chi connectivity index (χ4n) is 4.88. The van der Waals surface area contributed by atoms with E-state index in [-0.39, 0.29) is 31.3 Å². The summed E-state index contributed by atoms with van der Waals surface area (Å²) in [6.07, 6.45) is 1.92. The van der Waals surface area contributed by atoms with Gasteiger partial charge in [0, 0.05) is 25.4 Å². The summed E-state index contributed by atoms with van der Waals surface area (Å²) in [5.74, 6) is -2.68. The van der Waals surface area contributed by atoms with Crippen molar-refractivity contribution in [1.82, 2.24) is 10.2 Å². The summed E-state index contributed by atoms with van der Waals surface area (Å²) < 4.78 is 5.51. The van der Waals surface area contributed by atoms with Crippen molar-refractivity contribution in [1.29, 1.82) is 0 Å². The number of carbonyl (C=O) groups excluding carboxylic acids is 3. The van der Waals surface area contributed by atoms with Gasteiger partial charge in [-0.25, -0.2) is 0 Å². The lowest BCUT2D eigenvalue weighted by atomic mass is 9.98. The van der Waals surface area contributed by atoms with Crippen LogP contribution in [0.15, 0.2) is 48.5 Å². The first-order valence-corrected chi connectivity index (χ1v) is 12.1. The number of carboxylic acid groups (broad SMARTS) is 1. The second-order valence-electron chi connectivity index (χ2n) is 9.01. The number of rotatable bonds is 9. The number of carboxylic acids is 1. The van der Waals surface area contributed by atoms with Gasteiger partial charge in [-0.15, -0.1) is 0 Å². The Hall–Kier alpha value is -3.68. The maximum atomic E-state index is 12.7. The molecule has 8 heteroatoms. The van der Waals surface area contributed by atoms with Gasteiger partial charge in [-0.1, -0.05) is 48.5 Å². The molecule has 0 radical (unpaired) electrons. The molecule has 1 saturated heterocycles. The number of hydrogen-bond acceptors (Lipinski definition) is 5. The number of hydrogen-bond donors (Lipinski definition) is 2. The smallest absolute Gasteiger partial charge is 0.306 e. The van der Waals surface area contributed by atoms with E-state index in [1.54, 1.807) is 4.90 Å². The van der Waals surface area contributed by atoms with Gasteiger partial charge in [0.05, 0.1) is 12.8 Å². The fourth-order valence-corrected chi connectivity index (χ4v) is 4.88. The van der Waals surface area contributed by atoms with Gasteiger partial charge in [-0.3, -0.25) is 19.2 Å². The molecule has 1 aliphatic heterocycles. The number of aliphatic carboxylic acids is 1. The van der Waals surface area contributed by atoms with E-state index >= 15 is 0 Å². The lowest BCUT2D eigenvalue weighted by Crippen LogP contribution is -2.50. The van der Waals surface area contributed by atoms with Crippen LogP contribution in [0.2, 0.25) is 0 Å². The number of carbonyl (C=O) groups is 4. The van der Waals surface area contributed by atoms with Crippen LogP contribution in [0.4, 0.5) is 0 Å². The molecule has 1 aliphatic carbocycles. The molecule has 0 saturated carbocycles. The average molecular weight is 479 g/mol. The minimum absolute atomic E-state index is 0.0673. The maximum absolute atomic E-state index is 12.7. The summed E-state index contributed by atoms with van der Waals surface area (Å²) in [5.41, 5.74) is 4.47. The third kappa shape index (κ3) is 5.88. The van der Waals surface area contributed by atoms with Gasteiger partial charge in [0.1, 0.15) is 12.6 Å². The van der Waals surface area contributed by atoms with Gasteiger partial charge < -0.3 is 20.1 Å². The molecule has 2 aromatic carbocycles. The number of fused-ring (bicyclic) bond motifs is 3. The number of nitrogens with zero attached hydrogens (tertiary/aromatic N) is 1. The van der Waals surface area contributed by atoms with Crippen molar-refractivity contribution < 1.29 is 29.0 Å². The molecular formula is C27H30N2O6. The molecule has 0 unspecified atom stereocenters. The Kier molecular flexibility index (Phi) is 7.80. The minimum atomic E-state index is -1.17. The molecule has 2 N–H and O–H groups in total. The van der Waals surface area contributed by atoms with Crippen molar-refractivity contribution in [2.45, 2.75) is 50.5 Å². The van der Waals surface area contributed by atoms with Crippen LogP contribution in [0.3, 0.4) is 0 Å². The second-order valence-corrected chi connectivity index (χ2v) is 9.01. The van der Waals surface area contributed by atoms with E-state index in [0.29, 0.717) is 13.1 Å². The fraction of sp³-hybridized carbons (Fsp3) is 0.407. The normalized spacial score (nSPS) is 15.6. The van der Waals surface area contributed by atoms with Crippen LogP contribution in [-0.2, 0) is 23.9 Å². The van der Waals surface area contributed by atoms with Crippen LogP contribution in [0.5, 0.6) is 0 Å². The first kappa shape index (κ1) is 24.4. The molecule has 2 aliphatic rings. The first-order valence-electron chi connectivity index (χ1n) is 12.1. The van der Waals surface area contributed by atoms with E-state index in [2.05, 4.69) is 17.4 Å². The highest BCUT2D eigenvalue weighted by Crippen LogP contribution is 2.44. The van der Waals surface area contributed by atoms with E-state index in [4.69, 9.17) is 4.74 Å². The molecule has 2 amide bonds. The Morgan fingerprint density at radius 2 is 1.51 bits per heavy atom. The molecule has 8 nitrogen and oxygen atoms in total. The minimum Gasteiger partial charge on any atom is -0.481 e. The standard InChI is InChI=1S/C27H30N2O6/c30-24(28-23(16-25(31)32)27(34)29-14-6-1-7-15-29)12-13-26(33)35-17-22-20-10-4-2-8-18(20)19-9-3-5-11-21(19)22/h2-5,8-11,22-23H,1,6-7,12-17H2,(H,28,30)(H,31,32)/t23-/m0/s1. The van der Waals surface area contributed by atoms with Crippen molar-refractivity contribution in [3.8, 4) is 11.1 Å². The topological polar surface area (TPSA) is 113 Å². The molecule has 2 aromatic rings. The van der Waals surface area contributed by atoms with Crippen molar-refractivity contribution in [3.63, 3.8) is 0 Å². The van der Waals surface area contributed by atoms with E-state index in [9.17, 15) is 24.3 Å². The Labute approximate surface area is 204 Å². The summed E-state index contributed by atoms with van der Waals surface area (Å²) in [7, 11) is 0. The number of benzene rings is 2. The average Bonchev–Trinajstić information content (AvgIpc) is 3.19. The zero-order valence-electron chi connectivity index (χ0n) is 19.6. The summed E-state index contributed by atoms with van der Waals surface area (Å²) in [4.78, 5) is 50.4. The SMILES string of the molecule is O=C(O)C[C@H](NC(=O)CCC(=O)OCC1c2ccccc2-c2ccccc21)C(=O)N1CCCCC1. The first-order chi connectivity index (χ1) is 16.9. The van der Waals surface area contributed by atoms with Gasteiger partial charge in [0.15, 0.2) is 0 Å². The Balaban J connectivity index is 1.29. The number of likely N-dealkylation sites (tertiary alicyclic amines) is 1. The summed E-state index contributed by atoms with van der Waals surface area (Å²) >= 11 is 0. The van der Waals surface area contributed by atoms with Gasteiger partial charge in [-0.2, -0.15) is 0 Å². The molecular weight excluding hydrogens is 448 g/mol. The Morgan fingerprint density at radius 1 is 0.914 bits per heavy atom. The number of esters is 1. The van der Waals surface area contributed by atoms with Crippen LogP contribution in [0, 0.1) is 0 Å². The number of amides is 2. The van der Waals surface area contributed by atoms with E-state index in [0.717, 1.165) is 41.5 Å². The molecule has 0 aromatic heterocycles. The zero-order chi connectivity index (χ0) is 24.8. The van der Waals surface area contributed by atoms with E-state index < -0.39 is 30.3 Å². The van der Waals surface area contributed by atoms with E-state index in [1.165, 1.54) is 0 Å². The number of piperidine rings is 1. The van der Waals surface area contributed by atoms with Crippen LogP contribution in [-0.4, -0.2) is 59.5 Å². The Bertz CT molecular complexity index is 1060. The third-order valence-electron chi connectivity index (χ3n) is 6.61. The molecule has 35 heavy (non-hydrogen) atoms. The molecule has 184 valence electrons.